The van der Waals surface area contributed by atoms with Gasteiger partial charge in [-0.1, -0.05) is 65.3 Å². The summed E-state index contributed by atoms with van der Waals surface area (Å²) in [6, 6.07) is 20.0. The molecule has 2 amide bonds. The van der Waals surface area contributed by atoms with Crippen LogP contribution in [0, 0.1) is 13.8 Å². The van der Waals surface area contributed by atoms with Crippen molar-refractivity contribution in [3.63, 3.8) is 0 Å². The number of carbonyl (C=O) groups excluding carboxylic acids is 2. The van der Waals surface area contributed by atoms with Crippen molar-refractivity contribution >= 4 is 43.5 Å². The van der Waals surface area contributed by atoms with Gasteiger partial charge in [0.25, 0.3) is 10.0 Å². The molecule has 0 aliphatic heterocycles. The number of sulfonamides is 1. The first-order valence-electron chi connectivity index (χ1n) is 12.9. The fourth-order valence-corrected chi connectivity index (χ4v) is 6.06. The van der Waals surface area contributed by atoms with Crippen molar-refractivity contribution in [2.24, 2.45) is 0 Å². The van der Waals surface area contributed by atoms with Gasteiger partial charge in [0, 0.05) is 17.1 Å². The van der Waals surface area contributed by atoms with E-state index in [1.54, 1.807) is 37.3 Å². The van der Waals surface area contributed by atoms with Crippen LogP contribution in [0.1, 0.15) is 43.9 Å². The molecule has 0 radical (unpaired) electrons. The summed E-state index contributed by atoms with van der Waals surface area (Å²) in [4.78, 5) is 28.7. The Labute approximate surface area is 240 Å². The van der Waals surface area contributed by atoms with Crippen LogP contribution < -0.4 is 9.62 Å². The Bertz CT molecular complexity index is 1410. The Balaban J connectivity index is 2.06. The Morgan fingerprint density at radius 2 is 1.62 bits per heavy atom. The van der Waals surface area contributed by atoms with E-state index in [2.05, 4.69) is 21.2 Å². The van der Waals surface area contributed by atoms with E-state index in [1.807, 2.05) is 58.0 Å². The molecule has 0 saturated carbocycles. The number of nitrogens with one attached hydrogen (secondary N) is 1. The van der Waals surface area contributed by atoms with Crippen molar-refractivity contribution in [2.45, 2.75) is 64.6 Å². The van der Waals surface area contributed by atoms with Crippen molar-refractivity contribution in [3.8, 4) is 0 Å². The molecular weight excluding hydrogens is 578 g/mol. The molecule has 1 N–H and O–H groups in total. The number of rotatable bonds is 11. The topological polar surface area (TPSA) is 86.8 Å². The molecule has 9 heteroatoms. The highest BCUT2D eigenvalue weighted by molar-refractivity contribution is 9.10. The van der Waals surface area contributed by atoms with Gasteiger partial charge in [0.2, 0.25) is 11.8 Å². The lowest BCUT2D eigenvalue weighted by Gasteiger charge is -2.33. The van der Waals surface area contributed by atoms with Gasteiger partial charge in [-0.25, -0.2) is 8.42 Å². The molecule has 3 rings (SSSR count). The number of amides is 2. The summed E-state index contributed by atoms with van der Waals surface area (Å²) in [6.45, 7) is 8.95. The van der Waals surface area contributed by atoms with Gasteiger partial charge < -0.3 is 10.2 Å². The van der Waals surface area contributed by atoms with Crippen LogP contribution in [-0.4, -0.2) is 43.8 Å². The molecule has 7 nitrogen and oxygen atoms in total. The molecule has 0 bridgehead atoms. The number of anilines is 1. The lowest BCUT2D eigenvalue weighted by atomic mass is 10.1. The highest BCUT2D eigenvalue weighted by Gasteiger charge is 2.33. The maximum absolute atomic E-state index is 14.0. The van der Waals surface area contributed by atoms with E-state index < -0.39 is 28.5 Å². The summed E-state index contributed by atoms with van der Waals surface area (Å²) < 4.78 is 29.8. The Morgan fingerprint density at radius 1 is 0.949 bits per heavy atom. The van der Waals surface area contributed by atoms with E-state index >= 15 is 0 Å². The van der Waals surface area contributed by atoms with Crippen molar-refractivity contribution < 1.29 is 18.0 Å². The summed E-state index contributed by atoms with van der Waals surface area (Å²) in [5.74, 6) is -0.779. The van der Waals surface area contributed by atoms with Gasteiger partial charge in [-0.15, -0.1) is 0 Å². The van der Waals surface area contributed by atoms with E-state index in [-0.39, 0.29) is 23.4 Å². The summed E-state index contributed by atoms with van der Waals surface area (Å²) in [5.41, 5.74) is 2.89. The maximum Gasteiger partial charge on any atom is 0.264 e. The molecule has 39 heavy (non-hydrogen) atoms. The van der Waals surface area contributed by atoms with Gasteiger partial charge in [0.05, 0.1) is 10.6 Å². The molecule has 3 aromatic rings. The first kappa shape index (κ1) is 30.4. The zero-order chi connectivity index (χ0) is 28.7. The van der Waals surface area contributed by atoms with Gasteiger partial charge in [-0.3, -0.25) is 13.9 Å². The fourth-order valence-electron chi connectivity index (χ4n) is 4.12. The lowest BCUT2D eigenvalue weighted by molar-refractivity contribution is -0.139. The third-order valence-electron chi connectivity index (χ3n) is 6.87. The van der Waals surface area contributed by atoms with Crippen LogP contribution in [0.2, 0.25) is 0 Å². The number of hydrogen-bond donors (Lipinski definition) is 1. The second-order valence-electron chi connectivity index (χ2n) is 9.69. The maximum atomic E-state index is 14.0. The molecule has 0 spiro atoms. The van der Waals surface area contributed by atoms with Crippen LogP contribution in [0.25, 0.3) is 0 Å². The minimum absolute atomic E-state index is 0.0623. The molecule has 0 saturated heterocycles. The Kier molecular flexibility index (Phi) is 10.3. The van der Waals surface area contributed by atoms with E-state index in [0.717, 1.165) is 31.9 Å². The van der Waals surface area contributed by atoms with Crippen LogP contribution in [0.5, 0.6) is 0 Å². The average Bonchev–Trinajstić information content (AvgIpc) is 2.92. The molecule has 0 heterocycles. The predicted octanol–water partition coefficient (Wildman–Crippen LogP) is 5.59. The quantitative estimate of drug-likeness (QED) is 0.305. The molecule has 0 fully saturated rings. The van der Waals surface area contributed by atoms with Crippen LogP contribution in [0.3, 0.4) is 0 Å². The van der Waals surface area contributed by atoms with E-state index in [0.29, 0.717) is 5.69 Å². The SMILES string of the molecule is CC[C@@H](C)NC(=O)[C@@H](C)N(Cc1cccc(Br)c1)C(=O)CN(c1cccc(C)c1C)S(=O)(=O)c1ccccc1. The predicted molar refractivity (Wildman–Crippen MR) is 159 cm³/mol. The second kappa shape index (κ2) is 13.3. The molecule has 0 unspecified atom stereocenters. The van der Waals surface area contributed by atoms with Crippen molar-refractivity contribution in [1.29, 1.82) is 0 Å². The zero-order valence-corrected chi connectivity index (χ0v) is 25.4. The van der Waals surface area contributed by atoms with Crippen molar-refractivity contribution in [1.82, 2.24) is 10.2 Å². The highest BCUT2D eigenvalue weighted by Crippen LogP contribution is 2.29. The molecule has 2 atom stereocenters. The second-order valence-corrected chi connectivity index (χ2v) is 12.5. The third kappa shape index (κ3) is 7.48. The highest BCUT2D eigenvalue weighted by atomic mass is 79.9. The number of benzene rings is 3. The normalized spacial score (nSPS) is 12.9. The molecule has 3 aromatic carbocycles. The minimum Gasteiger partial charge on any atom is -0.352 e. The number of halogens is 1. The smallest absolute Gasteiger partial charge is 0.264 e. The zero-order valence-electron chi connectivity index (χ0n) is 23.0. The monoisotopic (exact) mass is 613 g/mol. The van der Waals surface area contributed by atoms with E-state index in [9.17, 15) is 18.0 Å². The van der Waals surface area contributed by atoms with Gasteiger partial charge in [0.1, 0.15) is 12.6 Å². The van der Waals surface area contributed by atoms with Gasteiger partial charge in [0.15, 0.2) is 0 Å². The summed E-state index contributed by atoms with van der Waals surface area (Å²) in [5, 5.41) is 2.95. The molecule has 0 aliphatic carbocycles. The largest absolute Gasteiger partial charge is 0.352 e. The van der Waals surface area contributed by atoms with Crippen molar-refractivity contribution in [2.75, 3.05) is 10.8 Å². The van der Waals surface area contributed by atoms with Gasteiger partial charge in [-0.2, -0.15) is 0 Å². The summed E-state index contributed by atoms with van der Waals surface area (Å²) in [7, 11) is -4.09. The number of carbonyl (C=O) groups is 2. The Hall–Kier alpha value is -3.17. The minimum atomic E-state index is -4.09. The van der Waals surface area contributed by atoms with Gasteiger partial charge in [-0.05, 0) is 81.1 Å². The average molecular weight is 615 g/mol. The summed E-state index contributed by atoms with van der Waals surface area (Å²) >= 11 is 3.46. The first-order valence-corrected chi connectivity index (χ1v) is 15.2. The lowest BCUT2D eigenvalue weighted by Crippen LogP contribution is -2.52. The van der Waals surface area contributed by atoms with E-state index in [1.165, 1.54) is 17.0 Å². The van der Waals surface area contributed by atoms with Crippen LogP contribution >= 0.6 is 15.9 Å². The fraction of sp³-hybridized carbons (Fsp3) is 0.333. The third-order valence-corrected chi connectivity index (χ3v) is 9.13. The van der Waals surface area contributed by atoms with Crippen LogP contribution in [-0.2, 0) is 26.2 Å². The van der Waals surface area contributed by atoms with Crippen LogP contribution in [0.4, 0.5) is 5.69 Å². The Morgan fingerprint density at radius 3 is 2.26 bits per heavy atom. The molecule has 0 aromatic heterocycles. The van der Waals surface area contributed by atoms with E-state index in [4.69, 9.17) is 0 Å². The molecule has 208 valence electrons. The number of hydrogen-bond acceptors (Lipinski definition) is 4. The standard InChI is InChI=1S/C30H36BrN3O4S/c1-6-22(3)32-30(36)24(5)33(19-25-13-11-14-26(31)18-25)29(35)20-34(28-17-10-12-21(2)23(28)4)39(37,38)27-15-8-7-9-16-27/h7-18,22,24H,6,19-20H2,1-5H3,(H,32,36)/t22-,24-/m1/s1. The first-order chi connectivity index (χ1) is 18.4. The molecular formula is C30H36BrN3O4S. The van der Waals surface area contributed by atoms with Crippen LogP contribution in [0.15, 0.2) is 82.2 Å². The number of nitrogens with zero attached hydrogens (tertiary/aromatic N) is 2. The van der Waals surface area contributed by atoms with Crippen molar-refractivity contribution in [3.05, 3.63) is 94.0 Å². The van der Waals surface area contributed by atoms with Gasteiger partial charge >= 0.3 is 0 Å². The number of aryl methyl sites for hydroxylation is 1. The summed E-state index contributed by atoms with van der Waals surface area (Å²) in [6.07, 6.45) is 0.744. The molecule has 0 aliphatic rings.